The van der Waals surface area contributed by atoms with Gasteiger partial charge in [0, 0.05) is 10.0 Å². The zero-order valence-corrected chi connectivity index (χ0v) is 9.89. The van der Waals surface area contributed by atoms with E-state index in [4.69, 9.17) is 4.74 Å². The molecule has 76 valence electrons. The first-order chi connectivity index (χ1) is 6.58. The van der Waals surface area contributed by atoms with Crippen LogP contribution >= 0.6 is 15.9 Å². The van der Waals surface area contributed by atoms with Crippen LogP contribution in [0.15, 0.2) is 16.6 Å². The Morgan fingerprint density at radius 3 is 2.57 bits per heavy atom. The van der Waals surface area contributed by atoms with Crippen LogP contribution in [0.3, 0.4) is 0 Å². The van der Waals surface area contributed by atoms with E-state index in [0.29, 0.717) is 0 Å². The molecule has 0 saturated heterocycles. The van der Waals surface area contributed by atoms with E-state index in [1.807, 2.05) is 19.1 Å². The molecule has 1 saturated carbocycles. The van der Waals surface area contributed by atoms with Crippen molar-refractivity contribution in [2.75, 3.05) is 7.11 Å². The molecule has 1 aromatic carbocycles. The van der Waals surface area contributed by atoms with Gasteiger partial charge in [0.25, 0.3) is 0 Å². The highest BCUT2D eigenvalue weighted by Gasteiger charge is 2.45. The van der Waals surface area contributed by atoms with Crippen LogP contribution in [0.1, 0.15) is 24.0 Å². The van der Waals surface area contributed by atoms with Crippen molar-refractivity contribution in [1.29, 1.82) is 0 Å². The van der Waals surface area contributed by atoms with E-state index < -0.39 is 5.60 Å². The molecule has 1 aliphatic carbocycles. The summed E-state index contributed by atoms with van der Waals surface area (Å²) in [6, 6.07) is 3.95. The number of aryl methyl sites for hydroxylation is 1. The first-order valence-corrected chi connectivity index (χ1v) is 5.44. The molecule has 1 aromatic rings. The van der Waals surface area contributed by atoms with Crippen molar-refractivity contribution in [3.63, 3.8) is 0 Å². The topological polar surface area (TPSA) is 29.5 Å². The summed E-state index contributed by atoms with van der Waals surface area (Å²) >= 11 is 3.46. The van der Waals surface area contributed by atoms with E-state index in [1.54, 1.807) is 7.11 Å². The summed E-state index contributed by atoms with van der Waals surface area (Å²) < 4.78 is 6.26. The second-order valence-electron chi connectivity index (χ2n) is 3.80. The van der Waals surface area contributed by atoms with Gasteiger partial charge in [-0.3, -0.25) is 0 Å². The summed E-state index contributed by atoms with van der Waals surface area (Å²) in [6.07, 6.45) is 1.65. The van der Waals surface area contributed by atoms with Gasteiger partial charge in [-0.15, -0.1) is 0 Å². The lowest BCUT2D eigenvalue weighted by molar-refractivity contribution is 0.146. The van der Waals surface area contributed by atoms with Crippen LogP contribution in [0.2, 0.25) is 0 Å². The lowest BCUT2D eigenvalue weighted by Crippen LogP contribution is -2.08. The number of halogens is 1. The maximum absolute atomic E-state index is 10.1. The summed E-state index contributed by atoms with van der Waals surface area (Å²) in [4.78, 5) is 0. The Bertz CT molecular complexity index is 370. The van der Waals surface area contributed by atoms with Gasteiger partial charge in [0.15, 0.2) is 0 Å². The molecule has 2 rings (SSSR count). The van der Waals surface area contributed by atoms with Crippen molar-refractivity contribution < 1.29 is 9.84 Å². The van der Waals surface area contributed by atoms with Crippen LogP contribution < -0.4 is 4.74 Å². The fraction of sp³-hybridized carbons (Fsp3) is 0.455. The van der Waals surface area contributed by atoms with Gasteiger partial charge in [0.1, 0.15) is 5.75 Å². The number of hydrogen-bond acceptors (Lipinski definition) is 2. The second kappa shape index (κ2) is 3.24. The zero-order valence-electron chi connectivity index (χ0n) is 8.30. The van der Waals surface area contributed by atoms with Crippen LogP contribution in [0.4, 0.5) is 0 Å². The van der Waals surface area contributed by atoms with Gasteiger partial charge >= 0.3 is 0 Å². The molecule has 14 heavy (non-hydrogen) atoms. The maximum atomic E-state index is 10.1. The zero-order chi connectivity index (χ0) is 10.3. The van der Waals surface area contributed by atoms with Crippen LogP contribution in [-0.2, 0) is 5.60 Å². The predicted octanol–water partition coefficient (Wildman–Crippen LogP) is 2.75. The van der Waals surface area contributed by atoms with Crippen molar-refractivity contribution in [3.8, 4) is 5.75 Å². The number of rotatable bonds is 2. The van der Waals surface area contributed by atoms with Crippen LogP contribution in [0.5, 0.6) is 5.75 Å². The number of benzene rings is 1. The van der Waals surface area contributed by atoms with Crippen LogP contribution in [0, 0.1) is 6.92 Å². The molecule has 0 heterocycles. The van der Waals surface area contributed by atoms with E-state index in [9.17, 15) is 5.11 Å². The first-order valence-electron chi connectivity index (χ1n) is 4.64. The Hall–Kier alpha value is -0.540. The summed E-state index contributed by atoms with van der Waals surface area (Å²) in [5, 5.41) is 10.1. The van der Waals surface area contributed by atoms with Gasteiger partial charge < -0.3 is 9.84 Å². The summed E-state index contributed by atoms with van der Waals surface area (Å²) in [7, 11) is 1.64. The Morgan fingerprint density at radius 1 is 1.43 bits per heavy atom. The molecular weight excluding hydrogens is 244 g/mol. The molecule has 0 spiro atoms. The number of methoxy groups -OCH3 is 1. The quantitative estimate of drug-likeness (QED) is 0.882. The predicted molar refractivity (Wildman–Crippen MR) is 58.6 cm³/mol. The molecule has 0 amide bonds. The minimum absolute atomic E-state index is 0.657. The Morgan fingerprint density at radius 2 is 2.07 bits per heavy atom. The van der Waals surface area contributed by atoms with Crippen LogP contribution in [-0.4, -0.2) is 12.2 Å². The molecule has 1 N–H and O–H groups in total. The molecule has 0 unspecified atom stereocenters. The SMILES string of the molecule is COc1c(C)ccc(Br)c1C1(O)CC1. The lowest BCUT2D eigenvalue weighted by Gasteiger charge is -2.17. The van der Waals surface area contributed by atoms with Crippen molar-refractivity contribution in [2.24, 2.45) is 0 Å². The summed E-state index contributed by atoms with van der Waals surface area (Å²) in [5.74, 6) is 0.805. The van der Waals surface area contributed by atoms with Gasteiger partial charge in [-0.25, -0.2) is 0 Å². The van der Waals surface area contributed by atoms with Crippen molar-refractivity contribution in [2.45, 2.75) is 25.4 Å². The standard InChI is InChI=1S/C11H13BrO2/c1-7-3-4-8(12)9(10(7)14-2)11(13)5-6-11/h3-4,13H,5-6H2,1-2H3. The Balaban J connectivity index is 2.60. The third kappa shape index (κ3) is 1.44. The Labute approximate surface area is 92.0 Å². The minimum atomic E-state index is -0.657. The highest BCUT2D eigenvalue weighted by atomic mass is 79.9. The first kappa shape index (κ1) is 9.99. The van der Waals surface area contributed by atoms with E-state index >= 15 is 0 Å². The molecule has 0 radical (unpaired) electrons. The van der Waals surface area contributed by atoms with Crippen molar-refractivity contribution in [3.05, 3.63) is 27.7 Å². The molecular formula is C11H13BrO2. The fourth-order valence-corrected chi connectivity index (χ4v) is 2.41. The monoisotopic (exact) mass is 256 g/mol. The van der Waals surface area contributed by atoms with E-state index in [0.717, 1.165) is 34.2 Å². The van der Waals surface area contributed by atoms with Crippen molar-refractivity contribution >= 4 is 15.9 Å². The molecule has 0 aliphatic heterocycles. The second-order valence-corrected chi connectivity index (χ2v) is 4.66. The van der Waals surface area contributed by atoms with E-state index in [1.165, 1.54) is 0 Å². The lowest BCUT2D eigenvalue weighted by atomic mass is 10.0. The summed E-state index contributed by atoms with van der Waals surface area (Å²) in [6.45, 7) is 1.99. The highest BCUT2D eigenvalue weighted by Crippen LogP contribution is 2.52. The maximum Gasteiger partial charge on any atom is 0.128 e. The average molecular weight is 257 g/mol. The number of aliphatic hydroxyl groups is 1. The van der Waals surface area contributed by atoms with Gasteiger partial charge in [0.2, 0.25) is 0 Å². The third-order valence-corrected chi connectivity index (χ3v) is 3.36. The largest absolute Gasteiger partial charge is 0.496 e. The number of ether oxygens (including phenoxy) is 1. The molecule has 0 atom stereocenters. The summed E-state index contributed by atoms with van der Waals surface area (Å²) in [5.41, 5.74) is 1.31. The van der Waals surface area contributed by atoms with Crippen LogP contribution in [0.25, 0.3) is 0 Å². The van der Waals surface area contributed by atoms with E-state index in [2.05, 4.69) is 15.9 Å². The van der Waals surface area contributed by atoms with E-state index in [-0.39, 0.29) is 0 Å². The molecule has 3 heteroatoms. The molecule has 0 bridgehead atoms. The molecule has 0 aromatic heterocycles. The normalized spacial score (nSPS) is 18.0. The number of hydrogen-bond donors (Lipinski definition) is 1. The third-order valence-electron chi connectivity index (χ3n) is 2.70. The highest BCUT2D eigenvalue weighted by molar-refractivity contribution is 9.10. The minimum Gasteiger partial charge on any atom is -0.496 e. The fourth-order valence-electron chi connectivity index (χ4n) is 1.73. The van der Waals surface area contributed by atoms with Gasteiger partial charge in [0.05, 0.1) is 12.7 Å². The Kier molecular flexibility index (Phi) is 2.32. The van der Waals surface area contributed by atoms with Gasteiger partial charge in [-0.2, -0.15) is 0 Å². The van der Waals surface area contributed by atoms with Gasteiger partial charge in [-0.05, 0) is 31.4 Å². The smallest absolute Gasteiger partial charge is 0.128 e. The van der Waals surface area contributed by atoms with Crippen molar-refractivity contribution in [1.82, 2.24) is 0 Å². The molecule has 2 nitrogen and oxygen atoms in total. The average Bonchev–Trinajstić information content (AvgIpc) is 2.88. The van der Waals surface area contributed by atoms with Gasteiger partial charge in [-0.1, -0.05) is 22.0 Å². The molecule has 1 aliphatic rings. The molecule has 1 fully saturated rings.